The molecule has 0 heterocycles. The van der Waals surface area contributed by atoms with E-state index in [1.54, 1.807) is 16.8 Å². The zero-order valence-corrected chi connectivity index (χ0v) is 13.1. The van der Waals surface area contributed by atoms with E-state index in [0.717, 1.165) is 6.42 Å². The van der Waals surface area contributed by atoms with Crippen LogP contribution in [0, 0.1) is 0 Å². The quantitative estimate of drug-likeness (QED) is 0.775. The molecule has 19 heavy (non-hydrogen) atoms. The topological polar surface area (TPSA) is 60.9 Å². The van der Waals surface area contributed by atoms with Gasteiger partial charge in [0.05, 0.1) is 0 Å². The van der Waals surface area contributed by atoms with E-state index in [1.807, 2.05) is 34.6 Å². The van der Waals surface area contributed by atoms with E-state index >= 15 is 0 Å². The van der Waals surface area contributed by atoms with Gasteiger partial charge in [-0.1, -0.05) is 6.92 Å². The van der Waals surface area contributed by atoms with Crippen molar-refractivity contribution in [3.8, 4) is 0 Å². The number of rotatable bonds is 7. The minimum Gasteiger partial charge on any atom is -0.481 e. The molecule has 0 aromatic carbocycles. The molecule has 0 aliphatic rings. The third-order valence-corrected chi connectivity index (χ3v) is 3.72. The van der Waals surface area contributed by atoms with Crippen molar-refractivity contribution < 1.29 is 14.7 Å². The zero-order chi connectivity index (χ0) is 15.2. The van der Waals surface area contributed by atoms with Crippen molar-refractivity contribution in [2.24, 2.45) is 0 Å². The fraction of sp³-hybridized carbons (Fsp3) is 0.857. The van der Waals surface area contributed by atoms with Gasteiger partial charge >= 0.3 is 12.0 Å². The summed E-state index contributed by atoms with van der Waals surface area (Å²) in [5.41, 5.74) is -0.197. The molecule has 0 aliphatic carbocycles. The van der Waals surface area contributed by atoms with Crippen LogP contribution < -0.4 is 0 Å². The monoisotopic (exact) mass is 272 g/mol. The van der Waals surface area contributed by atoms with Crippen LogP contribution >= 0.6 is 0 Å². The number of carbonyl (C=O) groups excluding carboxylic acids is 1. The minimum atomic E-state index is -0.821. The van der Waals surface area contributed by atoms with Gasteiger partial charge in [-0.3, -0.25) is 4.79 Å². The van der Waals surface area contributed by atoms with Crippen LogP contribution in [-0.4, -0.2) is 52.1 Å². The third-order valence-electron chi connectivity index (χ3n) is 3.72. The highest BCUT2D eigenvalue weighted by Crippen LogP contribution is 2.19. The molecular weight excluding hydrogens is 244 g/mol. The highest BCUT2D eigenvalue weighted by Gasteiger charge is 2.30. The molecule has 0 saturated carbocycles. The van der Waals surface area contributed by atoms with Gasteiger partial charge in [-0.2, -0.15) is 0 Å². The van der Waals surface area contributed by atoms with E-state index in [1.165, 1.54) is 0 Å². The average Bonchev–Trinajstić information content (AvgIpc) is 2.32. The Labute approximate surface area is 116 Å². The van der Waals surface area contributed by atoms with Crippen LogP contribution in [0.3, 0.4) is 0 Å². The Hall–Kier alpha value is -1.26. The number of aliphatic carboxylic acids is 1. The number of carboxylic acids is 1. The van der Waals surface area contributed by atoms with Crippen LogP contribution in [0.25, 0.3) is 0 Å². The molecule has 0 bridgehead atoms. The summed E-state index contributed by atoms with van der Waals surface area (Å²) < 4.78 is 0. The van der Waals surface area contributed by atoms with Gasteiger partial charge in [-0.15, -0.1) is 0 Å². The van der Waals surface area contributed by atoms with Gasteiger partial charge in [0, 0.05) is 31.6 Å². The first-order valence-corrected chi connectivity index (χ1v) is 6.89. The zero-order valence-electron chi connectivity index (χ0n) is 13.1. The smallest absolute Gasteiger partial charge is 0.320 e. The SMILES string of the molecule is CCC(C)(C)N(C)C(=O)N(CCCC(=O)O)C(C)C. The molecule has 0 aliphatic heterocycles. The Morgan fingerprint density at radius 2 is 1.79 bits per heavy atom. The van der Waals surface area contributed by atoms with Gasteiger partial charge in [-0.25, -0.2) is 4.79 Å². The largest absolute Gasteiger partial charge is 0.481 e. The molecular formula is C14H28N2O3. The maximum absolute atomic E-state index is 12.5. The molecule has 0 radical (unpaired) electrons. The van der Waals surface area contributed by atoms with E-state index in [-0.39, 0.29) is 24.0 Å². The van der Waals surface area contributed by atoms with Gasteiger partial charge in [0.15, 0.2) is 0 Å². The molecule has 5 heteroatoms. The summed E-state index contributed by atoms with van der Waals surface area (Å²) in [7, 11) is 1.80. The summed E-state index contributed by atoms with van der Waals surface area (Å²) in [5, 5.41) is 8.67. The summed E-state index contributed by atoms with van der Waals surface area (Å²) in [6.07, 6.45) is 1.45. The molecule has 0 spiro atoms. The van der Waals surface area contributed by atoms with Gasteiger partial charge in [0.25, 0.3) is 0 Å². The van der Waals surface area contributed by atoms with Crippen molar-refractivity contribution in [2.75, 3.05) is 13.6 Å². The number of carbonyl (C=O) groups is 2. The summed E-state index contributed by atoms with van der Waals surface area (Å²) >= 11 is 0. The second kappa shape index (κ2) is 7.36. The van der Waals surface area contributed by atoms with Crippen LogP contribution in [0.2, 0.25) is 0 Å². The minimum absolute atomic E-state index is 0.0350. The predicted octanol–water partition coefficient (Wildman–Crippen LogP) is 2.80. The number of amides is 2. The second-order valence-corrected chi connectivity index (χ2v) is 5.79. The Kier molecular flexibility index (Phi) is 6.87. The lowest BCUT2D eigenvalue weighted by Gasteiger charge is -2.40. The van der Waals surface area contributed by atoms with Gasteiger partial charge in [-0.05, 0) is 40.5 Å². The third kappa shape index (κ3) is 5.49. The Morgan fingerprint density at radius 1 is 1.26 bits per heavy atom. The van der Waals surface area contributed by atoms with E-state index in [0.29, 0.717) is 13.0 Å². The maximum atomic E-state index is 12.5. The molecule has 2 amide bonds. The Morgan fingerprint density at radius 3 is 2.16 bits per heavy atom. The number of nitrogens with zero attached hydrogens (tertiary/aromatic N) is 2. The lowest BCUT2D eigenvalue weighted by atomic mass is 10.0. The fourth-order valence-electron chi connectivity index (χ4n) is 1.66. The number of hydrogen-bond donors (Lipinski definition) is 1. The molecule has 0 saturated heterocycles. The molecule has 0 aromatic heterocycles. The Balaban J connectivity index is 4.70. The first kappa shape index (κ1) is 17.7. The molecule has 0 aromatic rings. The van der Waals surface area contributed by atoms with Gasteiger partial charge in [0.2, 0.25) is 0 Å². The fourth-order valence-corrected chi connectivity index (χ4v) is 1.66. The lowest BCUT2D eigenvalue weighted by molar-refractivity contribution is -0.137. The summed E-state index contributed by atoms with van der Waals surface area (Å²) in [5.74, 6) is -0.821. The number of urea groups is 1. The van der Waals surface area contributed by atoms with Crippen molar-refractivity contribution in [2.45, 2.75) is 65.5 Å². The molecule has 0 fully saturated rings. The number of carboxylic acid groups (broad SMARTS) is 1. The van der Waals surface area contributed by atoms with Crippen molar-refractivity contribution in [3.05, 3.63) is 0 Å². The molecule has 5 nitrogen and oxygen atoms in total. The number of hydrogen-bond acceptors (Lipinski definition) is 2. The Bertz CT molecular complexity index is 314. The van der Waals surface area contributed by atoms with E-state index in [4.69, 9.17) is 5.11 Å². The van der Waals surface area contributed by atoms with Crippen molar-refractivity contribution in [1.82, 2.24) is 9.80 Å². The molecule has 1 N–H and O–H groups in total. The average molecular weight is 272 g/mol. The molecule has 112 valence electrons. The standard InChI is InChI=1S/C14H28N2O3/c1-7-14(4,5)15(6)13(19)16(11(2)3)10-8-9-12(17)18/h11H,7-10H2,1-6H3,(H,17,18). The first-order valence-electron chi connectivity index (χ1n) is 6.89. The van der Waals surface area contributed by atoms with Crippen molar-refractivity contribution >= 4 is 12.0 Å². The van der Waals surface area contributed by atoms with Crippen LogP contribution in [0.4, 0.5) is 4.79 Å². The summed E-state index contributed by atoms with van der Waals surface area (Å²) in [4.78, 5) is 26.5. The maximum Gasteiger partial charge on any atom is 0.320 e. The molecule has 0 rings (SSSR count). The molecule has 0 atom stereocenters. The van der Waals surface area contributed by atoms with Gasteiger partial charge < -0.3 is 14.9 Å². The van der Waals surface area contributed by atoms with E-state index in [9.17, 15) is 9.59 Å². The van der Waals surface area contributed by atoms with Crippen LogP contribution in [-0.2, 0) is 4.79 Å². The second-order valence-electron chi connectivity index (χ2n) is 5.79. The van der Waals surface area contributed by atoms with Gasteiger partial charge in [0.1, 0.15) is 0 Å². The van der Waals surface area contributed by atoms with Crippen molar-refractivity contribution in [3.63, 3.8) is 0 Å². The van der Waals surface area contributed by atoms with Crippen LogP contribution in [0.1, 0.15) is 53.9 Å². The molecule has 0 unspecified atom stereocenters. The van der Waals surface area contributed by atoms with Crippen LogP contribution in [0.5, 0.6) is 0 Å². The van der Waals surface area contributed by atoms with E-state index < -0.39 is 5.97 Å². The lowest BCUT2D eigenvalue weighted by Crippen LogP contribution is -2.52. The first-order chi connectivity index (χ1) is 8.63. The highest BCUT2D eigenvalue weighted by molar-refractivity contribution is 5.75. The summed E-state index contributed by atoms with van der Waals surface area (Å²) in [6, 6.07) is 0.0311. The van der Waals surface area contributed by atoms with E-state index in [2.05, 4.69) is 0 Å². The summed E-state index contributed by atoms with van der Waals surface area (Å²) in [6.45, 7) is 10.5. The normalized spacial score (nSPS) is 11.5. The van der Waals surface area contributed by atoms with Crippen molar-refractivity contribution in [1.29, 1.82) is 0 Å². The highest BCUT2D eigenvalue weighted by atomic mass is 16.4. The predicted molar refractivity (Wildman–Crippen MR) is 76.2 cm³/mol. The van der Waals surface area contributed by atoms with Crippen LogP contribution in [0.15, 0.2) is 0 Å².